The highest BCUT2D eigenvalue weighted by Crippen LogP contribution is 2.27. The van der Waals surface area contributed by atoms with Gasteiger partial charge in [-0.15, -0.1) is 0 Å². The summed E-state index contributed by atoms with van der Waals surface area (Å²) in [7, 11) is 0. The molecule has 1 heterocycles. The standard InChI is InChI=1S/C16H13FN2O3/c17-11-4-6-13(7-5-11)22-14-3-1-2-12(10-14)19-9-8-15(20)18-16(19)21/h1-7,10H,8-9H2,(H,18,20,21). The minimum Gasteiger partial charge on any atom is -0.457 e. The van der Waals surface area contributed by atoms with Crippen LogP contribution in [0.4, 0.5) is 14.9 Å². The van der Waals surface area contributed by atoms with Crippen LogP contribution in [0.15, 0.2) is 48.5 Å². The normalized spacial score (nSPS) is 14.7. The van der Waals surface area contributed by atoms with Crippen molar-refractivity contribution in [3.05, 3.63) is 54.3 Å². The summed E-state index contributed by atoms with van der Waals surface area (Å²) >= 11 is 0. The molecule has 3 amide bonds. The summed E-state index contributed by atoms with van der Waals surface area (Å²) in [5.41, 5.74) is 0.629. The van der Waals surface area contributed by atoms with Crippen molar-refractivity contribution in [1.82, 2.24) is 5.32 Å². The molecule has 0 atom stereocenters. The Morgan fingerprint density at radius 1 is 1.05 bits per heavy atom. The smallest absolute Gasteiger partial charge is 0.328 e. The van der Waals surface area contributed by atoms with Crippen molar-refractivity contribution in [3.63, 3.8) is 0 Å². The maximum atomic E-state index is 12.9. The maximum absolute atomic E-state index is 12.9. The van der Waals surface area contributed by atoms with Crippen molar-refractivity contribution < 1.29 is 18.7 Å². The van der Waals surface area contributed by atoms with Gasteiger partial charge in [0.05, 0.1) is 0 Å². The van der Waals surface area contributed by atoms with E-state index in [2.05, 4.69) is 5.32 Å². The lowest BCUT2D eigenvalue weighted by Crippen LogP contribution is -2.49. The molecule has 0 spiro atoms. The molecular weight excluding hydrogens is 287 g/mol. The van der Waals surface area contributed by atoms with Crippen LogP contribution in [0.3, 0.4) is 0 Å². The van der Waals surface area contributed by atoms with E-state index in [1.807, 2.05) is 0 Å². The molecule has 2 aromatic rings. The molecule has 6 heteroatoms. The van der Waals surface area contributed by atoms with Gasteiger partial charge < -0.3 is 4.74 Å². The van der Waals surface area contributed by atoms with Gasteiger partial charge in [-0.1, -0.05) is 6.07 Å². The third kappa shape index (κ3) is 3.06. The lowest BCUT2D eigenvalue weighted by Gasteiger charge is -2.26. The van der Waals surface area contributed by atoms with Crippen LogP contribution in [-0.2, 0) is 4.79 Å². The molecule has 1 N–H and O–H groups in total. The first-order valence-corrected chi connectivity index (χ1v) is 6.77. The number of carbonyl (C=O) groups is 2. The monoisotopic (exact) mass is 300 g/mol. The predicted octanol–water partition coefficient (Wildman–Crippen LogP) is 3.06. The van der Waals surface area contributed by atoms with Crippen molar-refractivity contribution >= 4 is 17.6 Å². The van der Waals surface area contributed by atoms with Crippen molar-refractivity contribution in [2.75, 3.05) is 11.4 Å². The Morgan fingerprint density at radius 2 is 1.82 bits per heavy atom. The van der Waals surface area contributed by atoms with Crippen LogP contribution in [0.5, 0.6) is 11.5 Å². The number of anilines is 1. The Labute approximate surface area is 126 Å². The number of rotatable bonds is 3. The van der Waals surface area contributed by atoms with Crippen LogP contribution in [0.25, 0.3) is 0 Å². The van der Waals surface area contributed by atoms with Crippen molar-refractivity contribution in [3.8, 4) is 11.5 Å². The Hall–Kier alpha value is -2.89. The number of halogens is 1. The zero-order chi connectivity index (χ0) is 15.5. The van der Waals surface area contributed by atoms with E-state index in [0.717, 1.165) is 0 Å². The molecule has 112 valence electrons. The molecule has 5 nitrogen and oxygen atoms in total. The highest BCUT2D eigenvalue weighted by atomic mass is 19.1. The number of nitrogens with zero attached hydrogens (tertiary/aromatic N) is 1. The molecule has 1 saturated heterocycles. The van der Waals surface area contributed by atoms with E-state index in [4.69, 9.17) is 4.74 Å². The molecule has 0 aliphatic carbocycles. The molecule has 22 heavy (non-hydrogen) atoms. The van der Waals surface area contributed by atoms with Crippen LogP contribution in [0.2, 0.25) is 0 Å². The van der Waals surface area contributed by atoms with Crippen molar-refractivity contribution in [2.45, 2.75) is 6.42 Å². The summed E-state index contributed by atoms with van der Waals surface area (Å²) in [5, 5.41) is 2.27. The number of hydrogen-bond acceptors (Lipinski definition) is 3. The molecule has 1 fully saturated rings. The van der Waals surface area contributed by atoms with Gasteiger partial charge >= 0.3 is 6.03 Å². The highest BCUT2D eigenvalue weighted by Gasteiger charge is 2.24. The molecule has 0 bridgehead atoms. The van der Waals surface area contributed by atoms with E-state index < -0.39 is 6.03 Å². The second kappa shape index (κ2) is 5.85. The first-order valence-electron chi connectivity index (χ1n) is 6.77. The molecule has 1 aliphatic heterocycles. The number of imide groups is 1. The minimum absolute atomic E-state index is 0.259. The summed E-state index contributed by atoms with van der Waals surface area (Å²) in [6, 6.07) is 12.1. The third-order valence-electron chi connectivity index (χ3n) is 3.23. The molecule has 0 saturated carbocycles. The molecule has 3 rings (SSSR count). The molecule has 0 unspecified atom stereocenters. The summed E-state index contributed by atoms with van der Waals surface area (Å²) in [5.74, 6) is 0.404. The Morgan fingerprint density at radius 3 is 2.55 bits per heavy atom. The van der Waals surface area contributed by atoms with Gasteiger partial charge in [0, 0.05) is 24.7 Å². The Bertz CT molecular complexity index is 716. The quantitative estimate of drug-likeness (QED) is 0.947. The first kappa shape index (κ1) is 14.1. The molecule has 1 aliphatic rings. The Balaban J connectivity index is 1.79. The number of hydrogen-bond donors (Lipinski definition) is 1. The fourth-order valence-electron chi connectivity index (χ4n) is 2.16. The highest BCUT2D eigenvalue weighted by molar-refractivity contribution is 6.05. The van der Waals surface area contributed by atoms with E-state index in [0.29, 0.717) is 23.7 Å². The lowest BCUT2D eigenvalue weighted by molar-refractivity contribution is -0.120. The number of ether oxygens (including phenoxy) is 1. The zero-order valence-electron chi connectivity index (χ0n) is 11.6. The largest absolute Gasteiger partial charge is 0.457 e. The van der Waals surface area contributed by atoms with Gasteiger partial charge in [0.25, 0.3) is 0 Å². The third-order valence-corrected chi connectivity index (χ3v) is 3.23. The van der Waals surface area contributed by atoms with Crippen LogP contribution >= 0.6 is 0 Å². The summed E-state index contributed by atoms with van der Waals surface area (Å²) in [4.78, 5) is 24.5. The summed E-state index contributed by atoms with van der Waals surface area (Å²) in [6.45, 7) is 0.324. The van der Waals surface area contributed by atoms with Crippen molar-refractivity contribution in [2.24, 2.45) is 0 Å². The number of amides is 3. The second-order valence-electron chi connectivity index (χ2n) is 4.81. The summed E-state index contributed by atoms with van der Waals surface area (Å²) in [6.07, 6.45) is 0.259. The fourth-order valence-corrected chi connectivity index (χ4v) is 2.16. The van der Waals surface area contributed by atoms with Crippen LogP contribution in [0.1, 0.15) is 6.42 Å². The van der Waals surface area contributed by atoms with E-state index in [9.17, 15) is 14.0 Å². The van der Waals surface area contributed by atoms with Gasteiger partial charge in [-0.3, -0.25) is 15.0 Å². The van der Waals surface area contributed by atoms with Gasteiger partial charge in [0.15, 0.2) is 0 Å². The fraction of sp³-hybridized carbons (Fsp3) is 0.125. The van der Waals surface area contributed by atoms with E-state index in [-0.39, 0.29) is 18.1 Å². The molecule has 0 aromatic heterocycles. The van der Waals surface area contributed by atoms with Gasteiger partial charge in [-0.2, -0.15) is 0 Å². The van der Waals surface area contributed by atoms with Crippen molar-refractivity contribution in [1.29, 1.82) is 0 Å². The average molecular weight is 300 g/mol. The first-order chi connectivity index (χ1) is 10.6. The van der Waals surface area contributed by atoms with Crippen LogP contribution < -0.4 is 15.0 Å². The predicted molar refractivity (Wildman–Crippen MR) is 78.4 cm³/mol. The second-order valence-corrected chi connectivity index (χ2v) is 4.81. The SMILES string of the molecule is O=C1CCN(c2cccc(Oc3ccc(F)cc3)c2)C(=O)N1. The zero-order valence-corrected chi connectivity index (χ0v) is 11.6. The van der Waals surface area contributed by atoms with Crippen LogP contribution in [0, 0.1) is 5.82 Å². The van der Waals surface area contributed by atoms with E-state index >= 15 is 0 Å². The minimum atomic E-state index is -0.449. The number of carbonyl (C=O) groups excluding carboxylic acids is 2. The summed E-state index contributed by atoms with van der Waals surface area (Å²) < 4.78 is 18.5. The van der Waals surface area contributed by atoms with Gasteiger partial charge in [0.2, 0.25) is 5.91 Å². The topological polar surface area (TPSA) is 58.6 Å². The number of urea groups is 1. The van der Waals surface area contributed by atoms with Gasteiger partial charge in [-0.25, -0.2) is 9.18 Å². The molecular formula is C16H13FN2O3. The number of nitrogens with one attached hydrogen (secondary N) is 1. The van der Waals surface area contributed by atoms with Gasteiger partial charge in [-0.05, 0) is 36.4 Å². The van der Waals surface area contributed by atoms with E-state index in [1.165, 1.54) is 29.2 Å². The molecule has 0 radical (unpaired) electrons. The van der Waals surface area contributed by atoms with Crippen LogP contribution in [-0.4, -0.2) is 18.5 Å². The Kier molecular flexibility index (Phi) is 3.74. The van der Waals surface area contributed by atoms with Gasteiger partial charge in [0.1, 0.15) is 17.3 Å². The average Bonchev–Trinajstić information content (AvgIpc) is 2.50. The number of benzene rings is 2. The maximum Gasteiger partial charge on any atom is 0.328 e. The van der Waals surface area contributed by atoms with E-state index in [1.54, 1.807) is 24.3 Å². The molecule has 2 aromatic carbocycles. The lowest BCUT2D eigenvalue weighted by atomic mass is 10.2.